The van der Waals surface area contributed by atoms with Crippen LogP contribution >= 0.6 is 27.3 Å². The van der Waals surface area contributed by atoms with Crippen LogP contribution in [0.4, 0.5) is 0 Å². The lowest BCUT2D eigenvalue weighted by Crippen LogP contribution is -1.96. The highest BCUT2D eigenvalue weighted by Crippen LogP contribution is 2.34. The average molecular weight is 301 g/mol. The molecule has 3 nitrogen and oxygen atoms in total. The van der Waals surface area contributed by atoms with Gasteiger partial charge in [-0.05, 0) is 39.5 Å². The van der Waals surface area contributed by atoms with Crippen LogP contribution in [0, 0.1) is 0 Å². The lowest BCUT2D eigenvalue weighted by molar-refractivity contribution is 0.0606. The smallest absolute Gasteiger partial charge is 0.348 e. The lowest BCUT2D eigenvalue weighted by Gasteiger charge is -2.01. The molecule has 1 aromatic carbocycles. The molecule has 0 fully saturated rings. The topological polar surface area (TPSA) is 35.5 Å². The van der Waals surface area contributed by atoms with E-state index in [1.54, 1.807) is 7.11 Å². The van der Waals surface area contributed by atoms with Gasteiger partial charge in [0.2, 0.25) is 0 Å². The Morgan fingerprint density at radius 2 is 2.06 bits per heavy atom. The molecule has 0 amide bonds. The molecule has 0 unspecified atom stereocenters. The first kappa shape index (κ1) is 11.4. The summed E-state index contributed by atoms with van der Waals surface area (Å²) in [5.74, 6) is 0.446. The Hall–Kier alpha value is -1.07. The zero-order valence-corrected chi connectivity index (χ0v) is 11.1. The van der Waals surface area contributed by atoms with E-state index in [1.807, 2.05) is 18.2 Å². The molecule has 0 aliphatic rings. The SMILES string of the molecule is COC(=O)c1cc2cc(Br)c(OC)cc2s1. The Bertz CT molecular complexity index is 547. The molecule has 5 heteroatoms. The number of fused-ring (bicyclic) bond motifs is 1. The number of carbonyl (C=O) groups excluding carboxylic acids is 1. The van der Waals surface area contributed by atoms with Crippen LogP contribution < -0.4 is 4.74 Å². The summed E-state index contributed by atoms with van der Waals surface area (Å²) < 4.78 is 11.7. The predicted octanol–water partition coefficient (Wildman–Crippen LogP) is 3.46. The summed E-state index contributed by atoms with van der Waals surface area (Å²) in [4.78, 5) is 12.0. The van der Waals surface area contributed by atoms with Crippen LogP contribution in [0.2, 0.25) is 0 Å². The molecular formula is C11H9BrO3S. The summed E-state index contributed by atoms with van der Waals surface area (Å²) in [6.07, 6.45) is 0. The van der Waals surface area contributed by atoms with Crippen molar-refractivity contribution < 1.29 is 14.3 Å². The molecule has 16 heavy (non-hydrogen) atoms. The summed E-state index contributed by atoms with van der Waals surface area (Å²) in [7, 11) is 2.99. The maximum Gasteiger partial charge on any atom is 0.348 e. The van der Waals surface area contributed by atoms with Crippen molar-refractivity contribution in [2.75, 3.05) is 14.2 Å². The molecule has 0 saturated carbocycles. The Morgan fingerprint density at radius 1 is 1.31 bits per heavy atom. The molecule has 1 aromatic heterocycles. The van der Waals surface area contributed by atoms with Gasteiger partial charge in [0.1, 0.15) is 10.6 Å². The summed E-state index contributed by atoms with van der Waals surface area (Å²) >= 11 is 4.80. The van der Waals surface area contributed by atoms with Gasteiger partial charge in [0.15, 0.2) is 0 Å². The third kappa shape index (κ3) is 1.92. The maximum absolute atomic E-state index is 11.4. The maximum atomic E-state index is 11.4. The van der Waals surface area contributed by atoms with E-state index in [2.05, 4.69) is 20.7 Å². The fourth-order valence-corrected chi connectivity index (χ4v) is 2.91. The highest BCUT2D eigenvalue weighted by molar-refractivity contribution is 9.10. The average Bonchev–Trinajstić information content (AvgIpc) is 2.69. The minimum Gasteiger partial charge on any atom is -0.496 e. The highest BCUT2D eigenvalue weighted by atomic mass is 79.9. The van der Waals surface area contributed by atoms with Crippen LogP contribution in [-0.4, -0.2) is 20.2 Å². The highest BCUT2D eigenvalue weighted by Gasteiger charge is 2.12. The van der Waals surface area contributed by atoms with Gasteiger partial charge in [-0.25, -0.2) is 4.79 Å². The van der Waals surface area contributed by atoms with Gasteiger partial charge < -0.3 is 9.47 Å². The number of benzene rings is 1. The van der Waals surface area contributed by atoms with E-state index in [0.717, 1.165) is 20.3 Å². The first-order valence-electron chi connectivity index (χ1n) is 4.51. The van der Waals surface area contributed by atoms with Crippen LogP contribution in [0.15, 0.2) is 22.7 Å². The van der Waals surface area contributed by atoms with Gasteiger partial charge in [0, 0.05) is 4.70 Å². The number of esters is 1. The number of rotatable bonds is 2. The zero-order valence-electron chi connectivity index (χ0n) is 8.74. The molecule has 0 bridgehead atoms. The number of halogens is 1. The monoisotopic (exact) mass is 300 g/mol. The minimum atomic E-state index is -0.309. The number of hydrogen-bond donors (Lipinski definition) is 0. The summed E-state index contributed by atoms with van der Waals surface area (Å²) in [6.45, 7) is 0. The van der Waals surface area contributed by atoms with Crippen molar-refractivity contribution in [3.63, 3.8) is 0 Å². The van der Waals surface area contributed by atoms with E-state index >= 15 is 0 Å². The minimum absolute atomic E-state index is 0.309. The van der Waals surface area contributed by atoms with E-state index in [0.29, 0.717) is 4.88 Å². The van der Waals surface area contributed by atoms with Crippen molar-refractivity contribution in [3.8, 4) is 5.75 Å². The Kier molecular flexibility index (Phi) is 3.16. The molecule has 2 rings (SSSR count). The van der Waals surface area contributed by atoms with Gasteiger partial charge >= 0.3 is 5.97 Å². The van der Waals surface area contributed by atoms with E-state index in [-0.39, 0.29) is 5.97 Å². The van der Waals surface area contributed by atoms with Crippen LogP contribution in [0.1, 0.15) is 9.67 Å². The Labute approximate surface area is 105 Å². The van der Waals surface area contributed by atoms with Gasteiger partial charge in [-0.3, -0.25) is 0 Å². The first-order chi connectivity index (χ1) is 7.65. The molecule has 0 aliphatic heterocycles. The Morgan fingerprint density at radius 3 is 2.69 bits per heavy atom. The van der Waals surface area contributed by atoms with Gasteiger partial charge in [-0.2, -0.15) is 0 Å². The molecule has 1 heterocycles. The fourth-order valence-electron chi connectivity index (χ4n) is 1.40. The predicted molar refractivity (Wildman–Crippen MR) is 67.4 cm³/mol. The lowest BCUT2D eigenvalue weighted by atomic mass is 10.2. The van der Waals surface area contributed by atoms with Gasteiger partial charge in [-0.1, -0.05) is 0 Å². The van der Waals surface area contributed by atoms with Crippen molar-refractivity contribution in [2.45, 2.75) is 0 Å². The van der Waals surface area contributed by atoms with Crippen LogP contribution in [-0.2, 0) is 4.74 Å². The van der Waals surface area contributed by atoms with Gasteiger partial charge in [0.05, 0.1) is 18.7 Å². The molecule has 0 saturated heterocycles. The number of hydrogen-bond acceptors (Lipinski definition) is 4. The van der Waals surface area contributed by atoms with Crippen LogP contribution in [0.25, 0.3) is 10.1 Å². The second-order valence-corrected chi connectivity index (χ2v) is 5.06. The van der Waals surface area contributed by atoms with E-state index in [4.69, 9.17) is 4.74 Å². The van der Waals surface area contributed by atoms with Gasteiger partial charge in [-0.15, -0.1) is 11.3 Å². The molecular weight excluding hydrogens is 292 g/mol. The molecule has 2 aromatic rings. The van der Waals surface area contributed by atoms with Crippen molar-refractivity contribution in [3.05, 3.63) is 27.5 Å². The standard InChI is InChI=1S/C11H9BrO3S/c1-14-8-5-9-6(3-7(8)12)4-10(16-9)11(13)15-2/h3-5H,1-2H3. The molecule has 0 spiro atoms. The molecule has 0 radical (unpaired) electrons. The van der Waals surface area contributed by atoms with E-state index in [1.165, 1.54) is 18.4 Å². The Balaban J connectivity index is 2.58. The largest absolute Gasteiger partial charge is 0.496 e. The molecule has 0 N–H and O–H groups in total. The third-order valence-electron chi connectivity index (χ3n) is 2.18. The van der Waals surface area contributed by atoms with E-state index in [9.17, 15) is 4.79 Å². The van der Waals surface area contributed by atoms with Crippen LogP contribution in [0.5, 0.6) is 5.75 Å². The summed E-state index contributed by atoms with van der Waals surface area (Å²) in [6, 6.07) is 5.64. The second kappa shape index (κ2) is 4.43. The third-order valence-corrected chi connectivity index (χ3v) is 3.87. The number of methoxy groups -OCH3 is 2. The summed E-state index contributed by atoms with van der Waals surface area (Å²) in [5, 5.41) is 0.998. The number of ether oxygens (including phenoxy) is 2. The van der Waals surface area contributed by atoms with Crippen molar-refractivity contribution in [1.29, 1.82) is 0 Å². The van der Waals surface area contributed by atoms with E-state index < -0.39 is 0 Å². The fraction of sp³-hybridized carbons (Fsp3) is 0.182. The summed E-state index contributed by atoms with van der Waals surface area (Å²) in [5.41, 5.74) is 0. The van der Waals surface area contributed by atoms with Crippen LogP contribution in [0.3, 0.4) is 0 Å². The zero-order chi connectivity index (χ0) is 11.7. The first-order valence-corrected chi connectivity index (χ1v) is 6.12. The van der Waals surface area contributed by atoms with Crippen molar-refractivity contribution >= 4 is 43.3 Å². The van der Waals surface area contributed by atoms with Gasteiger partial charge in [0.25, 0.3) is 0 Å². The van der Waals surface area contributed by atoms with Crippen molar-refractivity contribution in [1.82, 2.24) is 0 Å². The molecule has 84 valence electrons. The number of carbonyl (C=O) groups is 1. The van der Waals surface area contributed by atoms with Crippen molar-refractivity contribution in [2.24, 2.45) is 0 Å². The number of thiophene rings is 1. The molecule has 0 aliphatic carbocycles. The second-order valence-electron chi connectivity index (χ2n) is 3.13. The molecule has 0 atom stereocenters. The normalized spacial score (nSPS) is 10.4. The quantitative estimate of drug-likeness (QED) is 0.797.